The van der Waals surface area contributed by atoms with Crippen molar-refractivity contribution in [3.63, 3.8) is 0 Å². The molecule has 2 aromatic carbocycles. The number of nitrogens with zero attached hydrogens (tertiary/aromatic N) is 1. The minimum Gasteiger partial charge on any atom is -0.492 e. The van der Waals surface area contributed by atoms with E-state index in [9.17, 15) is 5.26 Å². The van der Waals surface area contributed by atoms with Crippen LogP contribution >= 0.6 is 0 Å². The van der Waals surface area contributed by atoms with Crippen molar-refractivity contribution in [1.82, 2.24) is 0 Å². The van der Waals surface area contributed by atoms with E-state index in [1.54, 1.807) is 0 Å². The molecule has 0 radical (unpaired) electrons. The maximum atomic E-state index is 9.27. The van der Waals surface area contributed by atoms with Crippen molar-refractivity contribution in [2.75, 3.05) is 6.61 Å². The summed E-state index contributed by atoms with van der Waals surface area (Å²) in [7, 11) is 0. The predicted octanol–water partition coefficient (Wildman–Crippen LogP) is 4.97. The van der Waals surface area contributed by atoms with Gasteiger partial charge in [0.15, 0.2) is 0 Å². The fourth-order valence-electron chi connectivity index (χ4n) is 2.29. The van der Waals surface area contributed by atoms with Crippen LogP contribution in [0.1, 0.15) is 37.8 Å². The Morgan fingerprint density at radius 3 is 2.29 bits per heavy atom. The van der Waals surface area contributed by atoms with Gasteiger partial charge in [0.2, 0.25) is 0 Å². The van der Waals surface area contributed by atoms with Gasteiger partial charge in [0.05, 0.1) is 12.2 Å². The highest BCUT2D eigenvalue weighted by molar-refractivity contribution is 5.67. The van der Waals surface area contributed by atoms with Gasteiger partial charge in [-0.2, -0.15) is 5.26 Å². The van der Waals surface area contributed by atoms with Crippen molar-refractivity contribution in [3.05, 3.63) is 53.6 Å². The minimum absolute atomic E-state index is 0.596. The maximum absolute atomic E-state index is 9.27. The molecule has 0 aromatic heterocycles. The first kappa shape index (κ1) is 15.1. The summed E-state index contributed by atoms with van der Waals surface area (Å²) in [6.45, 7) is 4.88. The monoisotopic (exact) mass is 279 g/mol. The van der Waals surface area contributed by atoms with Crippen LogP contribution in [0.5, 0.6) is 5.75 Å². The summed E-state index contributed by atoms with van der Waals surface area (Å²) in [5.74, 6) is 0.672. The third-order valence-corrected chi connectivity index (χ3v) is 3.39. The van der Waals surface area contributed by atoms with Gasteiger partial charge in [0.1, 0.15) is 11.8 Å². The molecule has 108 valence electrons. The molecule has 0 unspecified atom stereocenters. The van der Waals surface area contributed by atoms with Crippen LogP contribution < -0.4 is 4.74 Å². The number of hydrogen-bond donors (Lipinski definition) is 0. The number of ether oxygens (including phenoxy) is 1. The minimum atomic E-state index is 0.596. The van der Waals surface area contributed by atoms with Crippen molar-refractivity contribution < 1.29 is 4.74 Å². The molecule has 0 saturated carbocycles. The highest BCUT2D eigenvalue weighted by Crippen LogP contribution is 2.27. The summed E-state index contributed by atoms with van der Waals surface area (Å²) in [6, 6.07) is 16.6. The highest BCUT2D eigenvalue weighted by atomic mass is 16.5. The summed E-state index contributed by atoms with van der Waals surface area (Å²) in [6.07, 6.45) is 3.19. The normalized spacial score (nSPS) is 10.1. The number of nitriles is 1. The second-order valence-electron chi connectivity index (χ2n) is 5.12. The summed E-state index contributed by atoms with van der Waals surface area (Å²) < 4.78 is 5.60. The quantitative estimate of drug-likeness (QED) is 0.748. The number of rotatable bonds is 6. The number of hydrogen-bond acceptors (Lipinski definition) is 2. The maximum Gasteiger partial charge on any atom is 0.137 e. The van der Waals surface area contributed by atoms with Gasteiger partial charge < -0.3 is 4.74 Å². The largest absolute Gasteiger partial charge is 0.492 e. The van der Waals surface area contributed by atoms with Crippen molar-refractivity contribution in [2.45, 2.75) is 33.1 Å². The van der Waals surface area contributed by atoms with Gasteiger partial charge in [-0.1, -0.05) is 50.6 Å². The van der Waals surface area contributed by atoms with E-state index in [1.807, 2.05) is 18.2 Å². The third kappa shape index (κ3) is 3.86. The van der Waals surface area contributed by atoms with Crippen LogP contribution in [0.25, 0.3) is 11.1 Å². The molecule has 21 heavy (non-hydrogen) atoms. The molecule has 0 heterocycles. The van der Waals surface area contributed by atoms with Crippen LogP contribution in [0.4, 0.5) is 0 Å². The first-order chi connectivity index (χ1) is 10.3. The molecule has 2 heteroatoms. The van der Waals surface area contributed by atoms with E-state index in [0.29, 0.717) is 17.9 Å². The van der Waals surface area contributed by atoms with Crippen LogP contribution in [0.15, 0.2) is 42.5 Å². The van der Waals surface area contributed by atoms with Gasteiger partial charge in [0, 0.05) is 0 Å². The molecular formula is C19H21NO. The van der Waals surface area contributed by atoms with Crippen LogP contribution in [-0.4, -0.2) is 6.61 Å². The van der Waals surface area contributed by atoms with Crippen molar-refractivity contribution in [2.24, 2.45) is 0 Å². The Bertz CT molecular complexity index is 623. The Labute approximate surface area is 127 Å². The van der Waals surface area contributed by atoms with Crippen molar-refractivity contribution in [1.29, 1.82) is 5.26 Å². The molecule has 0 bridgehead atoms. The standard InChI is InChI=1S/C19H21NO/c1-3-5-15-6-8-16(9-7-15)17-10-11-19(21-12-4-2)18(13-17)14-20/h6-11,13H,3-5,12H2,1-2H3. The number of aryl methyl sites for hydroxylation is 1. The molecule has 0 amide bonds. The second-order valence-corrected chi connectivity index (χ2v) is 5.12. The fourth-order valence-corrected chi connectivity index (χ4v) is 2.29. The Hall–Kier alpha value is -2.27. The van der Waals surface area contributed by atoms with Crippen LogP contribution in [0.3, 0.4) is 0 Å². The van der Waals surface area contributed by atoms with Crippen molar-refractivity contribution >= 4 is 0 Å². The zero-order valence-corrected chi connectivity index (χ0v) is 12.7. The topological polar surface area (TPSA) is 33.0 Å². The van der Waals surface area contributed by atoms with Gasteiger partial charge in [-0.3, -0.25) is 0 Å². The molecule has 0 aliphatic carbocycles. The first-order valence-corrected chi connectivity index (χ1v) is 7.54. The third-order valence-electron chi connectivity index (χ3n) is 3.39. The van der Waals surface area contributed by atoms with Crippen LogP contribution in [0.2, 0.25) is 0 Å². The van der Waals surface area contributed by atoms with Crippen molar-refractivity contribution in [3.8, 4) is 22.9 Å². The van der Waals surface area contributed by atoms with E-state index in [1.165, 1.54) is 5.56 Å². The molecule has 0 atom stereocenters. The van der Waals surface area contributed by atoms with Gasteiger partial charge in [-0.25, -0.2) is 0 Å². The molecule has 0 aliphatic heterocycles. The Morgan fingerprint density at radius 1 is 0.952 bits per heavy atom. The zero-order valence-electron chi connectivity index (χ0n) is 12.7. The summed E-state index contributed by atoms with van der Waals surface area (Å²) >= 11 is 0. The smallest absolute Gasteiger partial charge is 0.137 e. The molecule has 0 aliphatic rings. The Balaban J connectivity index is 2.26. The summed E-state index contributed by atoms with van der Waals surface area (Å²) in [5.41, 5.74) is 4.13. The SMILES string of the molecule is CCCOc1ccc(-c2ccc(CCC)cc2)cc1C#N. The lowest BCUT2D eigenvalue weighted by Crippen LogP contribution is -1.97. The van der Waals surface area contributed by atoms with E-state index >= 15 is 0 Å². The molecule has 0 spiro atoms. The van der Waals surface area contributed by atoms with Crippen LogP contribution in [-0.2, 0) is 6.42 Å². The summed E-state index contributed by atoms with van der Waals surface area (Å²) in [5, 5.41) is 9.27. The van der Waals surface area contributed by atoms with Gasteiger partial charge >= 0.3 is 0 Å². The number of benzene rings is 2. The molecule has 2 aromatic rings. The average molecular weight is 279 g/mol. The van der Waals surface area contributed by atoms with E-state index in [4.69, 9.17) is 4.74 Å². The van der Waals surface area contributed by atoms with Gasteiger partial charge in [-0.15, -0.1) is 0 Å². The second kappa shape index (κ2) is 7.50. The predicted molar refractivity (Wildman–Crippen MR) is 86.4 cm³/mol. The molecule has 0 N–H and O–H groups in total. The molecule has 0 saturated heterocycles. The lowest BCUT2D eigenvalue weighted by atomic mass is 10.0. The van der Waals surface area contributed by atoms with E-state index in [0.717, 1.165) is 30.4 Å². The highest BCUT2D eigenvalue weighted by Gasteiger charge is 2.06. The van der Waals surface area contributed by atoms with Gasteiger partial charge in [0.25, 0.3) is 0 Å². The molecule has 0 fully saturated rings. The van der Waals surface area contributed by atoms with Gasteiger partial charge in [-0.05, 0) is 41.7 Å². The average Bonchev–Trinajstić information content (AvgIpc) is 2.54. The van der Waals surface area contributed by atoms with E-state index < -0.39 is 0 Å². The Morgan fingerprint density at radius 2 is 1.67 bits per heavy atom. The van der Waals surface area contributed by atoms with E-state index in [2.05, 4.69) is 44.2 Å². The van der Waals surface area contributed by atoms with Crippen LogP contribution in [0, 0.1) is 11.3 Å². The molecule has 2 rings (SSSR count). The fraction of sp³-hybridized carbons (Fsp3) is 0.316. The Kier molecular flexibility index (Phi) is 5.40. The molecule has 2 nitrogen and oxygen atoms in total. The van der Waals surface area contributed by atoms with E-state index in [-0.39, 0.29) is 0 Å². The molecular weight excluding hydrogens is 258 g/mol. The first-order valence-electron chi connectivity index (χ1n) is 7.54. The lowest BCUT2D eigenvalue weighted by molar-refractivity contribution is 0.316. The lowest BCUT2D eigenvalue weighted by Gasteiger charge is -2.09. The zero-order chi connectivity index (χ0) is 15.1. The summed E-state index contributed by atoms with van der Waals surface area (Å²) in [4.78, 5) is 0.